The molecule has 1 N–H and O–H groups in total. The minimum absolute atomic E-state index is 0.00655. The van der Waals surface area contributed by atoms with E-state index in [0.29, 0.717) is 18.0 Å². The second-order valence-electron chi connectivity index (χ2n) is 6.50. The number of carbonyl (C=O) groups is 2. The molecule has 0 bridgehead atoms. The first-order valence-electron chi connectivity index (χ1n) is 9.63. The van der Waals surface area contributed by atoms with Crippen molar-refractivity contribution in [1.82, 2.24) is 9.55 Å². The lowest BCUT2D eigenvalue weighted by molar-refractivity contribution is -0.116. The third-order valence-corrected chi connectivity index (χ3v) is 4.27. The highest BCUT2D eigenvalue weighted by molar-refractivity contribution is 6.03. The number of fused-ring (bicyclic) bond motifs is 1. The lowest BCUT2D eigenvalue weighted by Gasteiger charge is -2.12. The molecule has 0 fully saturated rings. The largest absolute Gasteiger partial charge is 0.491 e. The molecule has 3 aromatic rings. The number of para-hydroxylation sites is 2. The summed E-state index contributed by atoms with van der Waals surface area (Å²) in [6.45, 7) is 5.58. The number of aromatic nitrogens is 2. The maximum atomic E-state index is 12.9. The van der Waals surface area contributed by atoms with Gasteiger partial charge in [0.05, 0.1) is 18.9 Å². The second-order valence-corrected chi connectivity index (χ2v) is 6.50. The standard InChI is InChI=1S/C21H23N3O6/c1-4-10-29-15-9-7-6-8-14(15)23-16(25)11-24-12-22-19-18(20(24)26)17(13(3)30-19)21(27)28-5-2/h6-9,12H,4-5,10-11H2,1-3H3,(H,23,25). The van der Waals surface area contributed by atoms with E-state index in [2.05, 4.69) is 10.3 Å². The number of carbonyl (C=O) groups excluding carboxylic acids is 2. The van der Waals surface area contributed by atoms with Gasteiger partial charge in [-0.25, -0.2) is 9.78 Å². The Labute approximate surface area is 172 Å². The fourth-order valence-corrected chi connectivity index (χ4v) is 2.95. The van der Waals surface area contributed by atoms with Gasteiger partial charge in [0, 0.05) is 0 Å². The Bertz CT molecular complexity index is 1130. The van der Waals surface area contributed by atoms with Crippen LogP contribution in [0.25, 0.3) is 11.1 Å². The first kappa shape index (κ1) is 21.1. The topological polar surface area (TPSA) is 113 Å². The van der Waals surface area contributed by atoms with Crippen molar-refractivity contribution in [3.05, 3.63) is 52.3 Å². The van der Waals surface area contributed by atoms with Crippen LogP contribution < -0.4 is 15.6 Å². The summed E-state index contributed by atoms with van der Waals surface area (Å²) in [7, 11) is 0. The highest BCUT2D eigenvalue weighted by Crippen LogP contribution is 2.24. The Morgan fingerprint density at radius 3 is 2.73 bits per heavy atom. The number of ether oxygens (including phenoxy) is 2. The summed E-state index contributed by atoms with van der Waals surface area (Å²) in [6.07, 6.45) is 2.04. The molecule has 2 aromatic heterocycles. The lowest BCUT2D eigenvalue weighted by Crippen LogP contribution is -2.28. The fourth-order valence-electron chi connectivity index (χ4n) is 2.95. The van der Waals surface area contributed by atoms with Crippen molar-refractivity contribution in [3.8, 4) is 5.75 Å². The first-order chi connectivity index (χ1) is 14.5. The van der Waals surface area contributed by atoms with Gasteiger partial charge in [0.25, 0.3) is 5.56 Å². The second kappa shape index (κ2) is 9.25. The van der Waals surface area contributed by atoms with Crippen LogP contribution in [0.15, 0.2) is 39.8 Å². The number of hydrogen-bond donors (Lipinski definition) is 1. The first-order valence-corrected chi connectivity index (χ1v) is 9.63. The number of rotatable bonds is 8. The molecule has 9 heteroatoms. The maximum absolute atomic E-state index is 12.9. The molecular weight excluding hydrogens is 390 g/mol. The quantitative estimate of drug-likeness (QED) is 0.565. The van der Waals surface area contributed by atoms with Gasteiger partial charge in [0.1, 0.15) is 35.3 Å². The molecule has 9 nitrogen and oxygen atoms in total. The predicted octanol–water partition coefficient (Wildman–Crippen LogP) is 2.90. The Hall–Kier alpha value is -3.62. The molecule has 0 radical (unpaired) electrons. The summed E-state index contributed by atoms with van der Waals surface area (Å²) < 4.78 is 17.2. The number of nitrogens with zero attached hydrogens (tertiary/aromatic N) is 2. The molecule has 30 heavy (non-hydrogen) atoms. The average Bonchev–Trinajstić information content (AvgIpc) is 3.06. The van der Waals surface area contributed by atoms with Crippen molar-refractivity contribution < 1.29 is 23.5 Å². The van der Waals surface area contributed by atoms with Crippen molar-refractivity contribution in [1.29, 1.82) is 0 Å². The zero-order chi connectivity index (χ0) is 21.7. The molecule has 0 saturated heterocycles. The SMILES string of the molecule is CCCOc1ccccc1NC(=O)Cn1cnc2oc(C)c(C(=O)OCC)c2c1=O. The van der Waals surface area contributed by atoms with Gasteiger partial charge in [0.15, 0.2) is 0 Å². The average molecular weight is 413 g/mol. The van der Waals surface area contributed by atoms with Gasteiger partial charge in [-0.1, -0.05) is 19.1 Å². The number of hydrogen-bond acceptors (Lipinski definition) is 7. The van der Waals surface area contributed by atoms with Gasteiger partial charge in [-0.3, -0.25) is 14.2 Å². The number of aryl methyl sites for hydroxylation is 1. The van der Waals surface area contributed by atoms with Gasteiger partial charge in [-0.2, -0.15) is 0 Å². The summed E-state index contributed by atoms with van der Waals surface area (Å²) in [5, 5.41) is 2.73. The minimum Gasteiger partial charge on any atom is -0.491 e. The van der Waals surface area contributed by atoms with E-state index in [9.17, 15) is 14.4 Å². The Morgan fingerprint density at radius 2 is 2.00 bits per heavy atom. The van der Waals surface area contributed by atoms with Crippen LogP contribution in [0.4, 0.5) is 5.69 Å². The van der Waals surface area contributed by atoms with Crippen LogP contribution in [-0.4, -0.2) is 34.6 Å². The number of esters is 1. The van der Waals surface area contributed by atoms with E-state index in [0.717, 1.165) is 11.0 Å². The number of nitrogens with one attached hydrogen (secondary N) is 1. The molecular formula is C21H23N3O6. The van der Waals surface area contributed by atoms with E-state index in [-0.39, 0.29) is 35.6 Å². The molecule has 3 rings (SSSR count). The molecule has 0 aliphatic heterocycles. The van der Waals surface area contributed by atoms with Crippen molar-refractivity contribution in [2.75, 3.05) is 18.5 Å². The van der Waals surface area contributed by atoms with Crippen LogP contribution in [0, 0.1) is 6.92 Å². The van der Waals surface area contributed by atoms with E-state index in [4.69, 9.17) is 13.9 Å². The number of amides is 1. The summed E-state index contributed by atoms with van der Waals surface area (Å²) >= 11 is 0. The molecule has 1 amide bonds. The number of furan rings is 1. The zero-order valence-electron chi connectivity index (χ0n) is 17.1. The van der Waals surface area contributed by atoms with Crippen LogP contribution in [-0.2, 0) is 16.1 Å². The molecule has 0 atom stereocenters. The Kier molecular flexibility index (Phi) is 6.51. The van der Waals surface area contributed by atoms with Crippen LogP contribution in [0.2, 0.25) is 0 Å². The monoisotopic (exact) mass is 413 g/mol. The predicted molar refractivity (Wildman–Crippen MR) is 110 cm³/mol. The normalized spacial score (nSPS) is 10.8. The van der Waals surface area contributed by atoms with Crippen molar-refractivity contribution in [2.24, 2.45) is 0 Å². The van der Waals surface area contributed by atoms with E-state index >= 15 is 0 Å². The summed E-state index contributed by atoms with van der Waals surface area (Å²) in [5.74, 6) is -0.332. The van der Waals surface area contributed by atoms with Gasteiger partial charge in [0.2, 0.25) is 11.6 Å². The van der Waals surface area contributed by atoms with Crippen LogP contribution in [0.1, 0.15) is 36.4 Å². The highest BCUT2D eigenvalue weighted by atomic mass is 16.5. The van der Waals surface area contributed by atoms with Crippen molar-refractivity contribution in [2.45, 2.75) is 33.7 Å². The zero-order valence-corrected chi connectivity index (χ0v) is 17.1. The van der Waals surface area contributed by atoms with Crippen LogP contribution in [0.5, 0.6) is 5.75 Å². The van der Waals surface area contributed by atoms with Crippen molar-refractivity contribution in [3.63, 3.8) is 0 Å². The fraction of sp³-hybridized carbons (Fsp3) is 0.333. The van der Waals surface area contributed by atoms with E-state index in [1.807, 2.05) is 6.92 Å². The molecule has 0 saturated carbocycles. The third kappa shape index (κ3) is 4.35. The molecule has 158 valence electrons. The van der Waals surface area contributed by atoms with E-state index < -0.39 is 17.4 Å². The van der Waals surface area contributed by atoms with Crippen molar-refractivity contribution >= 4 is 28.7 Å². The number of anilines is 1. The van der Waals surface area contributed by atoms with E-state index in [1.165, 1.54) is 6.33 Å². The molecule has 0 unspecified atom stereocenters. The molecule has 1 aromatic carbocycles. The Morgan fingerprint density at radius 1 is 1.23 bits per heavy atom. The Balaban J connectivity index is 1.87. The van der Waals surface area contributed by atoms with Gasteiger partial charge in [-0.15, -0.1) is 0 Å². The lowest BCUT2D eigenvalue weighted by atomic mass is 10.2. The molecule has 0 aliphatic rings. The summed E-state index contributed by atoms with van der Waals surface area (Å²) in [6, 6.07) is 7.05. The van der Waals surface area contributed by atoms with Crippen LogP contribution in [0.3, 0.4) is 0 Å². The smallest absolute Gasteiger partial charge is 0.342 e. The highest BCUT2D eigenvalue weighted by Gasteiger charge is 2.24. The van der Waals surface area contributed by atoms with Gasteiger partial charge >= 0.3 is 5.97 Å². The van der Waals surface area contributed by atoms with Gasteiger partial charge in [-0.05, 0) is 32.4 Å². The molecule has 2 heterocycles. The molecule has 0 spiro atoms. The maximum Gasteiger partial charge on any atom is 0.342 e. The molecule has 0 aliphatic carbocycles. The van der Waals surface area contributed by atoms with Crippen LogP contribution >= 0.6 is 0 Å². The van der Waals surface area contributed by atoms with E-state index in [1.54, 1.807) is 38.1 Å². The third-order valence-electron chi connectivity index (χ3n) is 4.27. The minimum atomic E-state index is -0.670. The number of benzene rings is 1. The summed E-state index contributed by atoms with van der Waals surface area (Å²) in [4.78, 5) is 41.8. The van der Waals surface area contributed by atoms with Gasteiger partial charge < -0.3 is 19.2 Å². The summed E-state index contributed by atoms with van der Waals surface area (Å²) in [5.41, 5.74) is -0.0112.